The van der Waals surface area contributed by atoms with Gasteiger partial charge in [-0.2, -0.15) is 13.2 Å². The number of piperazine rings is 1. The number of nitrogens with one attached hydrogen (secondary N) is 1. The van der Waals surface area contributed by atoms with Crippen LogP contribution >= 0.6 is 0 Å². The number of carbonyl (C=O) groups excluding carboxylic acids is 2. The summed E-state index contributed by atoms with van der Waals surface area (Å²) < 4.78 is 42.8. The molecule has 1 aliphatic heterocycles. The number of alkyl halides is 3. The number of anilines is 1. The second-order valence-corrected chi connectivity index (χ2v) is 5.73. The summed E-state index contributed by atoms with van der Waals surface area (Å²) in [6, 6.07) is 4.65. The number of ether oxygens (including phenoxy) is 1. The summed E-state index contributed by atoms with van der Waals surface area (Å²) in [6.45, 7) is 3.62. The van der Waals surface area contributed by atoms with E-state index in [-0.39, 0.29) is 0 Å². The minimum absolute atomic E-state index is 0.473. The van der Waals surface area contributed by atoms with Crippen molar-refractivity contribution in [3.05, 3.63) is 29.8 Å². The first kappa shape index (κ1) is 19.0. The van der Waals surface area contributed by atoms with E-state index in [1.807, 2.05) is 9.80 Å². The van der Waals surface area contributed by atoms with E-state index >= 15 is 0 Å². The van der Waals surface area contributed by atoms with Gasteiger partial charge in [-0.15, -0.1) is 0 Å². The molecule has 0 bridgehead atoms. The smallest absolute Gasteiger partial charge is 0.416 e. The van der Waals surface area contributed by atoms with E-state index in [1.54, 1.807) is 13.0 Å². The summed E-state index contributed by atoms with van der Waals surface area (Å²) in [7, 11) is 1.17. The molecular formula is C16H20F3N3O3. The van der Waals surface area contributed by atoms with Crippen LogP contribution in [0.3, 0.4) is 0 Å². The Morgan fingerprint density at radius 1 is 1.20 bits per heavy atom. The molecule has 0 spiro atoms. The lowest BCUT2D eigenvalue weighted by Gasteiger charge is -2.38. The number of hydrogen-bond acceptors (Lipinski definition) is 5. The van der Waals surface area contributed by atoms with Crippen LogP contribution in [0.25, 0.3) is 0 Å². The molecule has 1 N–H and O–H groups in total. The summed E-state index contributed by atoms with van der Waals surface area (Å²) in [4.78, 5) is 26.7. The first-order chi connectivity index (χ1) is 11.7. The molecule has 2 amide bonds. The van der Waals surface area contributed by atoms with Gasteiger partial charge in [-0.05, 0) is 25.1 Å². The van der Waals surface area contributed by atoms with Crippen LogP contribution in [0.2, 0.25) is 0 Å². The zero-order chi connectivity index (χ0) is 18.6. The monoisotopic (exact) mass is 359 g/mol. The zero-order valence-electron chi connectivity index (χ0n) is 14.0. The Labute approximate surface area is 143 Å². The van der Waals surface area contributed by atoms with Crippen LogP contribution in [-0.2, 0) is 15.7 Å². The number of rotatable bonds is 3. The molecule has 1 aliphatic rings. The quantitative estimate of drug-likeness (QED) is 0.896. The van der Waals surface area contributed by atoms with E-state index in [1.165, 1.54) is 13.2 Å². The second kappa shape index (κ2) is 7.73. The molecule has 25 heavy (non-hydrogen) atoms. The van der Waals surface area contributed by atoms with Gasteiger partial charge in [-0.3, -0.25) is 15.0 Å². The van der Waals surface area contributed by atoms with Crippen molar-refractivity contribution >= 4 is 17.7 Å². The molecule has 2 rings (SSSR count). The number of methoxy groups -OCH3 is 1. The molecule has 138 valence electrons. The van der Waals surface area contributed by atoms with Crippen LogP contribution in [0.15, 0.2) is 24.3 Å². The molecular weight excluding hydrogens is 339 g/mol. The lowest BCUT2D eigenvalue weighted by molar-refractivity contribution is -0.137. The number of hydrogen-bond donors (Lipinski definition) is 1. The number of imide groups is 1. The Balaban J connectivity index is 1.95. The Morgan fingerprint density at radius 3 is 2.40 bits per heavy atom. The lowest BCUT2D eigenvalue weighted by Crippen LogP contribution is -2.54. The third-order valence-corrected chi connectivity index (χ3v) is 4.19. The van der Waals surface area contributed by atoms with Gasteiger partial charge in [0.2, 0.25) is 5.91 Å². The molecule has 9 heteroatoms. The average Bonchev–Trinajstić information content (AvgIpc) is 2.60. The highest BCUT2D eigenvalue weighted by Gasteiger charge is 2.31. The van der Waals surface area contributed by atoms with Crippen LogP contribution in [0, 0.1) is 0 Å². The second-order valence-electron chi connectivity index (χ2n) is 5.73. The van der Waals surface area contributed by atoms with E-state index in [0.29, 0.717) is 31.9 Å². The number of halogens is 3. The third kappa shape index (κ3) is 4.85. The first-order valence-electron chi connectivity index (χ1n) is 7.77. The van der Waals surface area contributed by atoms with Gasteiger partial charge in [0, 0.05) is 31.9 Å². The highest BCUT2D eigenvalue weighted by Crippen LogP contribution is 2.31. The van der Waals surface area contributed by atoms with Crippen molar-refractivity contribution in [1.82, 2.24) is 10.2 Å². The summed E-state index contributed by atoms with van der Waals surface area (Å²) in [5, 5.41) is 2.11. The van der Waals surface area contributed by atoms with Crippen molar-refractivity contribution in [3.8, 4) is 0 Å². The summed E-state index contributed by atoms with van der Waals surface area (Å²) in [5.74, 6) is -0.473. The lowest BCUT2D eigenvalue weighted by atomic mass is 10.1. The minimum atomic E-state index is -4.38. The van der Waals surface area contributed by atoms with Gasteiger partial charge in [0.25, 0.3) is 0 Å². The number of carbonyl (C=O) groups is 2. The summed E-state index contributed by atoms with van der Waals surface area (Å²) in [6.07, 6.45) is -5.20. The molecule has 1 aromatic rings. The SMILES string of the molecule is COC(=O)NC(=O)[C@@H](C)N1CCN(c2cccc(C(F)(F)F)c2)CC1. The maximum absolute atomic E-state index is 12.8. The Morgan fingerprint density at radius 2 is 1.84 bits per heavy atom. The highest BCUT2D eigenvalue weighted by molar-refractivity contribution is 5.94. The minimum Gasteiger partial charge on any atom is -0.453 e. The Bertz CT molecular complexity index is 629. The molecule has 1 heterocycles. The van der Waals surface area contributed by atoms with Gasteiger partial charge in [0.1, 0.15) is 0 Å². The van der Waals surface area contributed by atoms with Crippen molar-refractivity contribution in [1.29, 1.82) is 0 Å². The molecule has 0 aromatic heterocycles. The number of amides is 2. The molecule has 0 unspecified atom stereocenters. The van der Waals surface area contributed by atoms with Crippen molar-refractivity contribution in [3.63, 3.8) is 0 Å². The van der Waals surface area contributed by atoms with Gasteiger partial charge < -0.3 is 9.64 Å². The molecule has 6 nitrogen and oxygen atoms in total. The van der Waals surface area contributed by atoms with E-state index < -0.39 is 29.8 Å². The maximum atomic E-state index is 12.8. The summed E-state index contributed by atoms with van der Waals surface area (Å²) >= 11 is 0. The van der Waals surface area contributed by atoms with Crippen molar-refractivity contribution in [2.75, 3.05) is 38.2 Å². The fraction of sp³-hybridized carbons (Fsp3) is 0.500. The van der Waals surface area contributed by atoms with Crippen LogP contribution in [0.1, 0.15) is 12.5 Å². The third-order valence-electron chi connectivity index (χ3n) is 4.19. The van der Waals surface area contributed by atoms with Gasteiger partial charge in [0.15, 0.2) is 0 Å². The predicted octanol–water partition coefficient (Wildman–Crippen LogP) is 2.10. The predicted molar refractivity (Wildman–Crippen MR) is 85.2 cm³/mol. The van der Waals surface area contributed by atoms with E-state index in [9.17, 15) is 22.8 Å². The van der Waals surface area contributed by atoms with Gasteiger partial charge in [0.05, 0.1) is 18.7 Å². The van der Waals surface area contributed by atoms with Gasteiger partial charge >= 0.3 is 12.3 Å². The Kier molecular flexibility index (Phi) is 5.89. The number of nitrogens with zero attached hydrogens (tertiary/aromatic N) is 2. The molecule has 0 aliphatic carbocycles. The topological polar surface area (TPSA) is 61.9 Å². The first-order valence-corrected chi connectivity index (χ1v) is 7.77. The van der Waals surface area contributed by atoms with Gasteiger partial charge in [-0.25, -0.2) is 4.79 Å². The van der Waals surface area contributed by atoms with E-state index in [4.69, 9.17) is 0 Å². The fourth-order valence-corrected chi connectivity index (χ4v) is 2.67. The normalized spacial score (nSPS) is 17.1. The fourth-order valence-electron chi connectivity index (χ4n) is 2.67. The van der Waals surface area contributed by atoms with Crippen LogP contribution < -0.4 is 10.2 Å². The van der Waals surface area contributed by atoms with Crippen LogP contribution in [0.5, 0.6) is 0 Å². The molecule has 1 atom stereocenters. The van der Waals surface area contributed by atoms with E-state index in [2.05, 4.69) is 10.1 Å². The summed E-state index contributed by atoms with van der Waals surface area (Å²) in [5.41, 5.74) is -0.181. The average molecular weight is 359 g/mol. The van der Waals surface area contributed by atoms with Crippen LogP contribution in [-0.4, -0.2) is 56.2 Å². The maximum Gasteiger partial charge on any atom is 0.416 e. The largest absolute Gasteiger partial charge is 0.453 e. The van der Waals surface area contributed by atoms with Crippen molar-refractivity contribution in [2.45, 2.75) is 19.1 Å². The number of benzene rings is 1. The standard InChI is InChI=1S/C16H20F3N3O3/c1-11(14(23)20-15(24)25-2)21-6-8-22(9-7-21)13-5-3-4-12(10-13)16(17,18)19/h3-5,10-11H,6-9H2,1-2H3,(H,20,23,24)/t11-/m1/s1. The van der Waals surface area contributed by atoms with E-state index in [0.717, 1.165) is 12.1 Å². The molecule has 1 fully saturated rings. The highest BCUT2D eigenvalue weighted by atomic mass is 19.4. The number of alkyl carbamates (subject to hydrolysis) is 1. The zero-order valence-corrected chi connectivity index (χ0v) is 14.0. The molecule has 0 radical (unpaired) electrons. The van der Waals surface area contributed by atoms with Crippen LogP contribution in [0.4, 0.5) is 23.7 Å². The molecule has 1 saturated heterocycles. The van der Waals surface area contributed by atoms with Crippen molar-refractivity contribution < 1.29 is 27.5 Å². The molecule has 0 saturated carbocycles. The van der Waals surface area contributed by atoms with Crippen molar-refractivity contribution in [2.24, 2.45) is 0 Å². The Hall–Kier alpha value is -2.29. The van der Waals surface area contributed by atoms with Gasteiger partial charge in [-0.1, -0.05) is 6.07 Å². The molecule has 1 aromatic carbocycles.